The Morgan fingerprint density at radius 1 is 0.889 bits per heavy atom. The van der Waals surface area contributed by atoms with Crippen LogP contribution >= 0.6 is 23.2 Å². The Morgan fingerprint density at radius 2 is 1.48 bits per heavy atom. The van der Waals surface area contributed by atoms with Crippen LogP contribution in [0.2, 0.25) is 10.0 Å². The molecule has 0 saturated heterocycles. The van der Waals surface area contributed by atoms with Crippen molar-refractivity contribution < 1.29 is 9.53 Å². The zero-order valence-corrected chi connectivity index (χ0v) is 15.7. The average molecular weight is 399 g/mol. The van der Waals surface area contributed by atoms with Gasteiger partial charge in [0, 0.05) is 16.1 Å². The largest absolute Gasteiger partial charge is 0.482 e. The van der Waals surface area contributed by atoms with Gasteiger partial charge >= 0.3 is 0 Å². The Bertz CT molecular complexity index is 903. The molecule has 0 saturated carbocycles. The molecule has 0 fully saturated rings. The lowest BCUT2D eigenvalue weighted by Crippen LogP contribution is -2.26. The molecule has 3 aromatic carbocycles. The van der Waals surface area contributed by atoms with E-state index in [1.165, 1.54) is 0 Å². The summed E-state index contributed by atoms with van der Waals surface area (Å²) >= 11 is 11.9. The van der Waals surface area contributed by atoms with Crippen LogP contribution in [0, 0.1) is 0 Å². The smallest absolute Gasteiger partial charge is 0.277 e. The molecule has 6 heteroatoms. The lowest BCUT2D eigenvalue weighted by Gasteiger charge is -2.09. The fourth-order valence-electron chi connectivity index (χ4n) is 2.37. The molecule has 0 heterocycles. The van der Waals surface area contributed by atoms with Crippen molar-refractivity contribution in [3.05, 3.63) is 100 Å². The van der Waals surface area contributed by atoms with Crippen molar-refractivity contribution in [1.29, 1.82) is 0 Å². The van der Waals surface area contributed by atoms with Gasteiger partial charge in [0.1, 0.15) is 5.75 Å². The maximum Gasteiger partial charge on any atom is 0.277 e. The van der Waals surface area contributed by atoms with Crippen LogP contribution in [0.3, 0.4) is 0 Å². The van der Waals surface area contributed by atoms with Gasteiger partial charge in [-0.1, -0.05) is 83.9 Å². The van der Waals surface area contributed by atoms with Crippen molar-refractivity contribution in [3.8, 4) is 5.75 Å². The second-order valence-corrected chi connectivity index (χ2v) is 6.43. The Kier molecular flexibility index (Phi) is 6.47. The molecule has 0 atom stereocenters. The van der Waals surface area contributed by atoms with E-state index in [0.717, 1.165) is 11.1 Å². The number of halogens is 2. The molecule has 0 unspecified atom stereocenters. The van der Waals surface area contributed by atoms with Crippen LogP contribution in [0.15, 0.2) is 84.0 Å². The second kappa shape index (κ2) is 9.21. The monoisotopic (exact) mass is 398 g/mol. The highest BCUT2D eigenvalue weighted by Gasteiger charge is 2.09. The number of ether oxygens (including phenoxy) is 1. The van der Waals surface area contributed by atoms with Gasteiger partial charge in [0.2, 0.25) is 0 Å². The number of carbonyl (C=O) groups is 1. The van der Waals surface area contributed by atoms with Crippen molar-refractivity contribution >= 4 is 34.8 Å². The summed E-state index contributed by atoms with van der Waals surface area (Å²) in [5.41, 5.74) is 4.99. The molecular formula is C21H16Cl2N2O2. The standard InChI is InChI=1S/C21H16Cl2N2O2/c22-17-11-12-19(18(23)13-17)27-14-20(26)24-25-21(15-7-3-1-4-8-15)16-9-5-2-6-10-16/h1-13H,14H2,(H,24,26). The molecule has 4 nitrogen and oxygen atoms in total. The van der Waals surface area contributed by atoms with E-state index in [4.69, 9.17) is 27.9 Å². The van der Waals surface area contributed by atoms with Crippen LogP contribution in [0.25, 0.3) is 0 Å². The summed E-state index contributed by atoms with van der Waals surface area (Å²) in [6.45, 7) is -0.221. The predicted octanol–water partition coefficient (Wildman–Crippen LogP) is 4.94. The molecule has 1 amide bonds. The van der Waals surface area contributed by atoms with E-state index in [1.54, 1.807) is 18.2 Å². The average Bonchev–Trinajstić information content (AvgIpc) is 2.69. The first kappa shape index (κ1) is 19.0. The number of amides is 1. The SMILES string of the molecule is O=C(COc1ccc(Cl)cc1Cl)NN=C(c1ccccc1)c1ccccc1. The number of hydrogen-bond acceptors (Lipinski definition) is 3. The first-order valence-corrected chi connectivity index (χ1v) is 8.94. The Morgan fingerprint density at radius 3 is 2.04 bits per heavy atom. The zero-order chi connectivity index (χ0) is 19.1. The highest BCUT2D eigenvalue weighted by atomic mass is 35.5. The number of benzene rings is 3. The third kappa shape index (κ3) is 5.33. The molecule has 27 heavy (non-hydrogen) atoms. The summed E-state index contributed by atoms with van der Waals surface area (Å²) in [4.78, 5) is 12.1. The minimum absolute atomic E-state index is 0.221. The molecule has 3 aromatic rings. The lowest BCUT2D eigenvalue weighted by molar-refractivity contribution is -0.123. The summed E-state index contributed by atoms with van der Waals surface area (Å²) in [6, 6.07) is 24.1. The number of carbonyl (C=O) groups excluding carboxylic acids is 1. The van der Waals surface area contributed by atoms with Gasteiger partial charge in [-0.3, -0.25) is 4.79 Å². The van der Waals surface area contributed by atoms with E-state index >= 15 is 0 Å². The summed E-state index contributed by atoms with van der Waals surface area (Å²) in [5.74, 6) is -0.0167. The maximum absolute atomic E-state index is 12.1. The molecule has 3 rings (SSSR count). The lowest BCUT2D eigenvalue weighted by atomic mass is 10.0. The summed E-state index contributed by atoms with van der Waals surface area (Å²) in [7, 11) is 0. The number of hydrogen-bond donors (Lipinski definition) is 1. The van der Waals surface area contributed by atoms with Gasteiger partial charge in [0.15, 0.2) is 6.61 Å². The Labute approximate surface area is 167 Å². The van der Waals surface area contributed by atoms with E-state index in [1.807, 2.05) is 60.7 Å². The van der Waals surface area contributed by atoms with Gasteiger partial charge in [0.05, 0.1) is 10.7 Å². The van der Waals surface area contributed by atoms with Crippen LogP contribution in [-0.2, 0) is 4.79 Å². The molecule has 0 aliphatic carbocycles. The summed E-state index contributed by atoms with van der Waals surface area (Å²) in [5, 5.41) is 5.13. The minimum atomic E-state index is -0.398. The zero-order valence-electron chi connectivity index (χ0n) is 14.2. The van der Waals surface area contributed by atoms with Gasteiger partial charge in [-0.15, -0.1) is 0 Å². The fraction of sp³-hybridized carbons (Fsp3) is 0.0476. The van der Waals surface area contributed by atoms with E-state index in [-0.39, 0.29) is 6.61 Å². The molecule has 1 N–H and O–H groups in total. The Balaban J connectivity index is 1.71. The topological polar surface area (TPSA) is 50.7 Å². The van der Waals surface area contributed by atoms with E-state index in [0.29, 0.717) is 21.5 Å². The third-order valence-corrected chi connectivity index (χ3v) is 4.17. The van der Waals surface area contributed by atoms with Crippen LogP contribution in [0.4, 0.5) is 0 Å². The van der Waals surface area contributed by atoms with Gasteiger partial charge < -0.3 is 4.74 Å². The molecule has 0 spiro atoms. The highest BCUT2D eigenvalue weighted by molar-refractivity contribution is 6.35. The number of nitrogens with zero attached hydrogens (tertiary/aromatic N) is 1. The van der Waals surface area contributed by atoms with Crippen molar-refractivity contribution in [2.24, 2.45) is 5.10 Å². The number of hydrazone groups is 1. The van der Waals surface area contributed by atoms with Crippen molar-refractivity contribution in [3.63, 3.8) is 0 Å². The van der Waals surface area contributed by atoms with Crippen LogP contribution in [-0.4, -0.2) is 18.2 Å². The summed E-state index contributed by atoms with van der Waals surface area (Å²) < 4.78 is 5.43. The first-order valence-electron chi connectivity index (χ1n) is 8.19. The van der Waals surface area contributed by atoms with E-state index in [9.17, 15) is 4.79 Å². The maximum atomic E-state index is 12.1. The van der Waals surface area contributed by atoms with Gasteiger partial charge in [-0.2, -0.15) is 5.10 Å². The first-order chi connectivity index (χ1) is 13.1. The van der Waals surface area contributed by atoms with Gasteiger partial charge in [0.25, 0.3) is 5.91 Å². The van der Waals surface area contributed by atoms with Crippen molar-refractivity contribution in [2.45, 2.75) is 0 Å². The molecule has 0 aliphatic heterocycles. The van der Waals surface area contributed by atoms with Gasteiger partial charge in [-0.25, -0.2) is 5.43 Å². The normalized spacial score (nSPS) is 10.1. The van der Waals surface area contributed by atoms with Crippen molar-refractivity contribution in [1.82, 2.24) is 5.43 Å². The van der Waals surface area contributed by atoms with Gasteiger partial charge in [-0.05, 0) is 18.2 Å². The van der Waals surface area contributed by atoms with Crippen LogP contribution in [0.1, 0.15) is 11.1 Å². The molecule has 0 aliphatic rings. The molecular weight excluding hydrogens is 383 g/mol. The molecule has 136 valence electrons. The van der Waals surface area contributed by atoms with Crippen LogP contribution in [0.5, 0.6) is 5.75 Å². The summed E-state index contributed by atoms with van der Waals surface area (Å²) in [6.07, 6.45) is 0. The Hall–Kier alpha value is -2.82. The fourth-order valence-corrected chi connectivity index (χ4v) is 2.84. The minimum Gasteiger partial charge on any atom is -0.482 e. The van der Waals surface area contributed by atoms with E-state index in [2.05, 4.69) is 10.5 Å². The predicted molar refractivity (Wildman–Crippen MR) is 109 cm³/mol. The quantitative estimate of drug-likeness (QED) is 0.472. The number of rotatable bonds is 6. The third-order valence-electron chi connectivity index (χ3n) is 3.64. The van der Waals surface area contributed by atoms with Crippen molar-refractivity contribution in [2.75, 3.05) is 6.61 Å². The van der Waals surface area contributed by atoms with Crippen LogP contribution < -0.4 is 10.2 Å². The molecule has 0 radical (unpaired) electrons. The molecule has 0 bridgehead atoms. The second-order valence-electron chi connectivity index (χ2n) is 5.59. The number of nitrogens with one attached hydrogen (secondary N) is 1. The molecule has 0 aromatic heterocycles. The van der Waals surface area contributed by atoms with E-state index < -0.39 is 5.91 Å². The highest BCUT2D eigenvalue weighted by Crippen LogP contribution is 2.27.